The Morgan fingerprint density at radius 3 is 2.77 bits per heavy atom. The van der Waals surface area contributed by atoms with Crippen molar-refractivity contribution in [2.45, 2.75) is 18.5 Å². The lowest BCUT2D eigenvalue weighted by molar-refractivity contribution is -0.117. The number of carbonyl (C=O) groups excluding carboxylic acids is 2. The molecule has 0 unspecified atom stereocenters. The largest absolute Gasteiger partial charge is 0.454 e. The fourth-order valence-corrected chi connectivity index (χ4v) is 5.53. The highest BCUT2D eigenvalue weighted by Gasteiger charge is 2.22. The highest BCUT2D eigenvalue weighted by Crippen LogP contribution is 2.34. The first-order valence-corrected chi connectivity index (χ1v) is 12.8. The first kappa shape index (κ1) is 23.5. The standard InChI is InChI=1S/C22H23N5O6S2/c1-2-14-10-15-19(35-14)25-22(27(20(15)29)26-5-7-31-8-6-26)34-11-18(28)24-21(30)23-13-3-4-16-17(9-13)33-12-32-16/h3-4,9-10H,2,5-8,11-12H2,1H3,(H2,23,24,28,30). The summed E-state index contributed by atoms with van der Waals surface area (Å²) in [6.45, 7) is 4.23. The molecule has 2 N–H and O–H groups in total. The third-order valence-corrected chi connectivity index (χ3v) is 7.50. The molecular formula is C22H23N5O6S2. The molecule has 1 aromatic carbocycles. The zero-order valence-electron chi connectivity index (χ0n) is 18.9. The fraction of sp³-hybridized carbons (Fsp3) is 0.364. The summed E-state index contributed by atoms with van der Waals surface area (Å²) in [4.78, 5) is 44.5. The molecule has 4 heterocycles. The summed E-state index contributed by atoms with van der Waals surface area (Å²) in [5.41, 5.74) is 0.293. The van der Waals surface area contributed by atoms with Gasteiger partial charge in [0.2, 0.25) is 12.7 Å². The van der Waals surface area contributed by atoms with Crippen molar-refractivity contribution in [1.29, 1.82) is 0 Å². The van der Waals surface area contributed by atoms with Gasteiger partial charge in [0.1, 0.15) is 4.83 Å². The number of anilines is 1. The second kappa shape index (κ2) is 10.1. The third-order valence-electron chi connectivity index (χ3n) is 5.40. The number of benzene rings is 1. The summed E-state index contributed by atoms with van der Waals surface area (Å²) in [6, 6.07) is 6.16. The average molecular weight is 518 g/mol. The minimum absolute atomic E-state index is 0.0944. The van der Waals surface area contributed by atoms with Crippen LogP contribution >= 0.6 is 23.1 Å². The van der Waals surface area contributed by atoms with Gasteiger partial charge >= 0.3 is 6.03 Å². The van der Waals surface area contributed by atoms with E-state index in [-0.39, 0.29) is 18.1 Å². The molecule has 0 atom stereocenters. The number of amides is 3. The SMILES string of the molecule is CCc1cc2c(=O)n(N3CCOCC3)c(SCC(=O)NC(=O)Nc3ccc4c(c3)OCO4)nc2s1. The molecule has 5 rings (SSSR count). The Hall–Kier alpha value is -3.29. The number of hydrogen-bond acceptors (Lipinski definition) is 10. The molecule has 11 nitrogen and oxygen atoms in total. The number of ether oxygens (including phenoxy) is 3. The van der Waals surface area contributed by atoms with Gasteiger partial charge in [0, 0.05) is 16.6 Å². The molecule has 3 aromatic rings. The van der Waals surface area contributed by atoms with Crippen LogP contribution in [0.15, 0.2) is 34.2 Å². The van der Waals surface area contributed by atoms with E-state index < -0.39 is 11.9 Å². The lowest BCUT2D eigenvalue weighted by Gasteiger charge is -2.31. The van der Waals surface area contributed by atoms with Crippen LogP contribution in [0.1, 0.15) is 11.8 Å². The minimum atomic E-state index is -0.672. The average Bonchev–Trinajstić information content (AvgIpc) is 3.50. The number of rotatable bonds is 6. The second-order valence-corrected chi connectivity index (χ2v) is 9.78. The Balaban J connectivity index is 1.29. The summed E-state index contributed by atoms with van der Waals surface area (Å²) in [7, 11) is 0. The van der Waals surface area contributed by atoms with Crippen molar-refractivity contribution >= 4 is 50.9 Å². The topological polar surface area (TPSA) is 124 Å². The number of aryl methyl sites for hydroxylation is 1. The van der Waals surface area contributed by atoms with Gasteiger partial charge in [-0.3, -0.25) is 14.9 Å². The number of imide groups is 1. The second-order valence-electron chi connectivity index (χ2n) is 7.72. The van der Waals surface area contributed by atoms with Crippen molar-refractivity contribution < 1.29 is 23.8 Å². The number of thiophene rings is 1. The zero-order chi connectivity index (χ0) is 24.4. The summed E-state index contributed by atoms with van der Waals surface area (Å²) in [6.07, 6.45) is 0.807. The van der Waals surface area contributed by atoms with Crippen molar-refractivity contribution in [2.75, 3.05) is 49.2 Å². The molecular weight excluding hydrogens is 494 g/mol. The molecule has 35 heavy (non-hydrogen) atoms. The van der Waals surface area contributed by atoms with Crippen LogP contribution in [0.3, 0.4) is 0 Å². The fourth-order valence-electron chi connectivity index (χ4n) is 3.70. The number of nitrogens with zero attached hydrogens (tertiary/aromatic N) is 3. The number of urea groups is 1. The molecule has 1 saturated heterocycles. The first-order chi connectivity index (χ1) is 17.0. The number of thioether (sulfide) groups is 1. The monoisotopic (exact) mass is 517 g/mol. The molecule has 0 radical (unpaired) electrons. The van der Waals surface area contributed by atoms with Gasteiger partial charge in [0.25, 0.3) is 5.56 Å². The van der Waals surface area contributed by atoms with Crippen molar-refractivity contribution in [3.63, 3.8) is 0 Å². The Kier molecular flexibility index (Phi) is 6.79. The van der Waals surface area contributed by atoms with Crippen LogP contribution in [0.25, 0.3) is 10.2 Å². The van der Waals surface area contributed by atoms with Gasteiger partial charge in [-0.1, -0.05) is 18.7 Å². The quantitative estimate of drug-likeness (QED) is 0.374. The van der Waals surface area contributed by atoms with Gasteiger partial charge in [-0.15, -0.1) is 11.3 Å². The van der Waals surface area contributed by atoms with Crippen molar-refractivity contribution in [3.8, 4) is 11.5 Å². The first-order valence-electron chi connectivity index (χ1n) is 11.0. The van der Waals surface area contributed by atoms with Crippen LogP contribution in [0.5, 0.6) is 11.5 Å². The van der Waals surface area contributed by atoms with Gasteiger partial charge in [-0.2, -0.15) is 4.68 Å². The van der Waals surface area contributed by atoms with Crippen molar-refractivity contribution in [3.05, 3.63) is 39.5 Å². The Morgan fingerprint density at radius 1 is 1.17 bits per heavy atom. The van der Waals surface area contributed by atoms with E-state index in [0.29, 0.717) is 58.9 Å². The molecule has 0 saturated carbocycles. The highest BCUT2D eigenvalue weighted by molar-refractivity contribution is 7.99. The van der Waals surface area contributed by atoms with Crippen LogP contribution < -0.4 is 30.7 Å². The van der Waals surface area contributed by atoms with Crippen LogP contribution in [0, 0.1) is 0 Å². The van der Waals surface area contributed by atoms with E-state index >= 15 is 0 Å². The highest BCUT2D eigenvalue weighted by atomic mass is 32.2. The van der Waals surface area contributed by atoms with E-state index in [1.807, 2.05) is 18.0 Å². The van der Waals surface area contributed by atoms with E-state index in [1.165, 1.54) is 16.0 Å². The smallest absolute Gasteiger partial charge is 0.325 e. The lowest BCUT2D eigenvalue weighted by atomic mass is 10.3. The molecule has 2 aliphatic heterocycles. The maximum atomic E-state index is 13.3. The molecule has 0 bridgehead atoms. The van der Waals surface area contributed by atoms with Crippen molar-refractivity contribution in [2.24, 2.45) is 0 Å². The number of fused-ring (bicyclic) bond motifs is 2. The zero-order valence-corrected chi connectivity index (χ0v) is 20.5. The van der Waals surface area contributed by atoms with Gasteiger partial charge in [0.05, 0.1) is 37.4 Å². The minimum Gasteiger partial charge on any atom is -0.454 e. The van der Waals surface area contributed by atoms with E-state index in [9.17, 15) is 14.4 Å². The summed E-state index contributed by atoms with van der Waals surface area (Å²) < 4.78 is 17.5. The van der Waals surface area contributed by atoms with Gasteiger partial charge in [-0.05, 0) is 24.6 Å². The maximum Gasteiger partial charge on any atom is 0.325 e. The molecule has 2 aliphatic rings. The normalized spacial score (nSPS) is 14.8. The van der Waals surface area contributed by atoms with Gasteiger partial charge in [-0.25, -0.2) is 9.78 Å². The summed E-state index contributed by atoms with van der Waals surface area (Å²) in [5, 5.41) is 7.75. The number of hydrogen-bond donors (Lipinski definition) is 2. The van der Waals surface area contributed by atoms with Crippen LogP contribution in [0.2, 0.25) is 0 Å². The lowest BCUT2D eigenvalue weighted by Crippen LogP contribution is -2.49. The number of carbonyl (C=O) groups is 2. The molecule has 0 spiro atoms. The molecule has 0 aliphatic carbocycles. The molecule has 13 heteroatoms. The third kappa shape index (κ3) is 5.06. The van der Waals surface area contributed by atoms with E-state index in [1.54, 1.807) is 18.2 Å². The van der Waals surface area contributed by atoms with Crippen LogP contribution in [-0.2, 0) is 16.0 Å². The Bertz CT molecular complexity index is 1330. The predicted molar refractivity (Wildman–Crippen MR) is 132 cm³/mol. The predicted octanol–water partition coefficient (Wildman–Crippen LogP) is 2.16. The van der Waals surface area contributed by atoms with Gasteiger partial charge in [0.15, 0.2) is 16.7 Å². The van der Waals surface area contributed by atoms with Crippen molar-refractivity contribution in [1.82, 2.24) is 15.0 Å². The van der Waals surface area contributed by atoms with Gasteiger partial charge < -0.3 is 24.5 Å². The van der Waals surface area contributed by atoms with E-state index in [2.05, 4.69) is 15.6 Å². The Morgan fingerprint density at radius 2 is 1.97 bits per heavy atom. The van der Waals surface area contributed by atoms with Crippen LogP contribution in [0.4, 0.5) is 10.5 Å². The number of morpholine rings is 1. The molecule has 2 aromatic heterocycles. The summed E-state index contributed by atoms with van der Waals surface area (Å²) in [5.74, 6) is 0.502. The van der Waals surface area contributed by atoms with E-state index in [0.717, 1.165) is 23.1 Å². The maximum absolute atomic E-state index is 13.3. The Labute approximate surface area is 208 Å². The van der Waals surface area contributed by atoms with E-state index in [4.69, 9.17) is 14.2 Å². The van der Waals surface area contributed by atoms with Crippen LogP contribution in [-0.4, -0.2) is 60.4 Å². The number of aromatic nitrogens is 2. The molecule has 184 valence electrons. The number of nitrogens with one attached hydrogen (secondary N) is 2. The molecule has 3 amide bonds. The molecule has 1 fully saturated rings. The summed E-state index contributed by atoms with van der Waals surface area (Å²) >= 11 is 2.58.